The van der Waals surface area contributed by atoms with Crippen molar-refractivity contribution in [1.29, 1.82) is 0 Å². The molecule has 0 N–H and O–H groups in total. The van der Waals surface area contributed by atoms with Gasteiger partial charge in [0.15, 0.2) is 12.7 Å². The summed E-state index contributed by atoms with van der Waals surface area (Å²) in [6, 6.07) is 0. The first kappa shape index (κ1) is 18.7. The zero-order valence-electron chi connectivity index (χ0n) is 15.8. The van der Waals surface area contributed by atoms with Crippen molar-refractivity contribution in [2.24, 2.45) is 17.8 Å². The van der Waals surface area contributed by atoms with Crippen LogP contribution in [0.5, 0.6) is 0 Å². The average molecular weight is 352 g/mol. The first-order chi connectivity index (χ1) is 11.5. The second-order valence-electron chi connectivity index (χ2n) is 9.04. The maximum Gasteiger partial charge on any atom is 0.195 e. The van der Waals surface area contributed by atoms with Crippen LogP contribution in [-0.4, -0.2) is 16.8 Å². The van der Waals surface area contributed by atoms with E-state index in [2.05, 4.69) is 13.8 Å². The van der Waals surface area contributed by atoms with Crippen LogP contribution >= 0.6 is 7.14 Å². The molecule has 24 heavy (non-hydrogen) atoms. The van der Waals surface area contributed by atoms with Crippen molar-refractivity contribution in [2.75, 3.05) is 0 Å². The summed E-state index contributed by atoms with van der Waals surface area (Å²) in [4.78, 5) is 13.8. The topological polar surface area (TPSA) is 34.1 Å². The van der Waals surface area contributed by atoms with Crippen molar-refractivity contribution in [3.05, 3.63) is 0 Å². The van der Waals surface area contributed by atoms with E-state index in [4.69, 9.17) is 0 Å². The Balaban J connectivity index is 1.90. The fraction of sp³-hybridized carbons (Fsp3) is 0.952. The molecule has 0 saturated heterocycles. The first-order valence-corrected chi connectivity index (χ1v) is 12.5. The molecule has 3 heteroatoms. The van der Waals surface area contributed by atoms with Gasteiger partial charge in [-0.3, -0.25) is 4.79 Å². The van der Waals surface area contributed by atoms with Crippen LogP contribution in [0.15, 0.2) is 0 Å². The molecule has 0 aliphatic heterocycles. The lowest BCUT2D eigenvalue weighted by Crippen LogP contribution is -2.37. The molecule has 2 atom stereocenters. The summed E-state index contributed by atoms with van der Waals surface area (Å²) in [5.74, 6) is 0.942. The lowest BCUT2D eigenvalue weighted by Gasteiger charge is -2.42. The maximum atomic E-state index is 14.5. The molecule has 3 aliphatic carbocycles. The van der Waals surface area contributed by atoms with Crippen molar-refractivity contribution in [3.63, 3.8) is 0 Å². The van der Waals surface area contributed by atoms with Crippen LogP contribution in [0.4, 0.5) is 0 Å². The molecular formula is C21H37O2P. The molecular weight excluding hydrogens is 315 g/mol. The van der Waals surface area contributed by atoms with Gasteiger partial charge in [0.25, 0.3) is 0 Å². The highest BCUT2D eigenvalue weighted by molar-refractivity contribution is 7.81. The predicted molar refractivity (Wildman–Crippen MR) is 102 cm³/mol. The Hall–Kier alpha value is -0.100. The van der Waals surface area contributed by atoms with Crippen LogP contribution in [0, 0.1) is 17.8 Å². The molecule has 3 aliphatic rings. The van der Waals surface area contributed by atoms with Crippen LogP contribution in [0.25, 0.3) is 0 Å². The van der Waals surface area contributed by atoms with Gasteiger partial charge in [-0.05, 0) is 50.4 Å². The first-order valence-electron chi connectivity index (χ1n) is 10.7. The van der Waals surface area contributed by atoms with E-state index in [1.165, 1.54) is 44.9 Å². The lowest BCUT2D eigenvalue weighted by molar-refractivity contribution is -0.119. The minimum absolute atomic E-state index is 0.0773. The second kappa shape index (κ2) is 8.07. The smallest absolute Gasteiger partial charge is 0.195 e. The summed E-state index contributed by atoms with van der Waals surface area (Å²) in [5.41, 5.74) is 0.701. The molecule has 0 aromatic rings. The van der Waals surface area contributed by atoms with Crippen LogP contribution in [0.2, 0.25) is 0 Å². The number of carbonyl (C=O) groups excluding carboxylic acids is 1. The Morgan fingerprint density at radius 1 is 0.667 bits per heavy atom. The molecule has 0 spiro atoms. The van der Waals surface area contributed by atoms with Gasteiger partial charge in [-0.15, -0.1) is 0 Å². The van der Waals surface area contributed by atoms with Crippen molar-refractivity contribution in [3.8, 4) is 0 Å². The Bertz CT molecular complexity index is 442. The Kier molecular flexibility index (Phi) is 6.28. The average Bonchev–Trinajstić information content (AvgIpc) is 2.62. The van der Waals surface area contributed by atoms with Gasteiger partial charge < -0.3 is 4.57 Å². The molecule has 3 saturated carbocycles. The predicted octanol–water partition coefficient (Wildman–Crippen LogP) is 6.61. The Morgan fingerprint density at radius 2 is 1.08 bits per heavy atom. The maximum absolute atomic E-state index is 14.5. The van der Waals surface area contributed by atoms with Gasteiger partial charge in [0.2, 0.25) is 0 Å². The normalized spacial score (nSPS) is 34.2. The summed E-state index contributed by atoms with van der Waals surface area (Å²) >= 11 is 0. The molecule has 3 fully saturated rings. The van der Waals surface area contributed by atoms with Crippen LogP contribution in [0.1, 0.15) is 97.3 Å². The Morgan fingerprint density at radius 3 is 1.50 bits per heavy atom. The van der Waals surface area contributed by atoms with Gasteiger partial charge in [0.1, 0.15) is 0 Å². The number of rotatable bonds is 4. The van der Waals surface area contributed by atoms with Gasteiger partial charge >= 0.3 is 0 Å². The molecule has 0 amide bonds. The van der Waals surface area contributed by atoms with Gasteiger partial charge in [-0.1, -0.05) is 58.8 Å². The summed E-state index contributed by atoms with van der Waals surface area (Å²) in [5, 5.41) is 0. The van der Waals surface area contributed by atoms with Gasteiger partial charge in [0, 0.05) is 17.2 Å². The third-order valence-electron chi connectivity index (χ3n) is 7.41. The zero-order chi connectivity index (χ0) is 17.2. The van der Waals surface area contributed by atoms with Gasteiger partial charge in [-0.2, -0.15) is 0 Å². The summed E-state index contributed by atoms with van der Waals surface area (Å²) in [6.07, 6.45) is 15.0. The van der Waals surface area contributed by atoms with Crippen LogP contribution in [-0.2, 0) is 9.36 Å². The quantitative estimate of drug-likeness (QED) is 0.533. The van der Waals surface area contributed by atoms with E-state index in [0.29, 0.717) is 11.8 Å². The molecule has 2 unspecified atom stereocenters. The van der Waals surface area contributed by atoms with E-state index in [0.717, 1.165) is 38.5 Å². The molecule has 0 aromatic heterocycles. The fourth-order valence-electron chi connectivity index (χ4n) is 5.99. The SMILES string of the molecule is CC1CCCC(C)C1C(=O)P(=O)(C1CCCCC1)C1CCCCC1. The minimum atomic E-state index is -2.74. The molecule has 0 aromatic carbocycles. The molecule has 0 radical (unpaired) electrons. The highest BCUT2D eigenvalue weighted by Gasteiger charge is 2.51. The fourth-order valence-corrected chi connectivity index (χ4v) is 10.5. The van der Waals surface area contributed by atoms with Crippen LogP contribution < -0.4 is 0 Å². The Labute approximate surface area is 148 Å². The standard InChI is InChI=1S/C21H37O2P/c1-16-10-9-11-17(2)20(16)21(22)24(23,18-12-5-3-6-13-18)19-14-7-4-8-15-19/h16-20H,3-15H2,1-2H3. The van der Waals surface area contributed by atoms with E-state index in [9.17, 15) is 9.36 Å². The zero-order valence-corrected chi connectivity index (χ0v) is 16.7. The molecule has 0 heterocycles. The number of hydrogen-bond donors (Lipinski definition) is 0. The number of carbonyl (C=O) groups is 1. The van der Waals surface area contributed by atoms with Gasteiger partial charge in [0.05, 0.1) is 0 Å². The third-order valence-corrected chi connectivity index (χ3v) is 11.6. The van der Waals surface area contributed by atoms with E-state index < -0.39 is 7.14 Å². The van der Waals surface area contributed by atoms with E-state index in [-0.39, 0.29) is 22.8 Å². The van der Waals surface area contributed by atoms with Crippen molar-refractivity contribution < 1.29 is 9.36 Å². The van der Waals surface area contributed by atoms with Crippen molar-refractivity contribution in [2.45, 2.75) is 109 Å². The van der Waals surface area contributed by atoms with Crippen molar-refractivity contribution in [1.82, 2.24) is 0 Å². The highest BCUT2D eigenvalue weighted by atomic mass is 31.2. The monoisotopic (exact) mass is 352 g/mol. The van der Waals surface area contributed by atoms with E-state index >= 15 is 0 Å². The van der Waals surface area contributed by atoms with Gasteiger partial charge in [-0.25, -0.2) is 0 Å². The minimum Gasteiger partial charge on any atom is -0.315 e. The second-order valence-corrected chi connectivity index (χ2v) is 12.4. The molecule has 0 bridgehead atoms. The molecule has 3 rings (SSSR count). The van der Waals surface area contributed by atoms with Crippen molar-refractivity contribution >= 4 is 12.7 Å². The summed E-state index contributed by atoms with van der Waals surface area (Å²) in [7, 11) is -2.74. The lowest BCUT2D eigenvalue weighted by atomic mass is 9.74. The molecule has 2 nitrogen and oxygen atoms in total. The highest BCUT2D eigenvalue weighted by Crippen LogP contribution is 2.65. The summed E-state index contributed by atoms with van der Waals surface area (Å²) in [6.45, 7) is 4.48. The number of hydrogen-bond acceptors (Lipinski definition) is 2. The largest absolute Gasteiger partial charge is 0.315 e. The van der Waals surface area contributed by atoms with E-state index in [1.807, 2.05) is 0 Å². The van der Waals surface area contributed by atoms with E-state index in [1.54, 1.807) is 0 Å². The third kappa shape index (κ3) is 3.55. The molecule has 138 valence electrons. The summed E-state index contributed by atoms with van der Waals surface area (Å²) < 4.78 is 14.5. The van der Waals surface area contributed by atoms with Crippen LogP contribution in [0.3, 0.4) is 0 Å².